The third-order valence-corrected chi connectivity index (χ3v) is 4.35. The average molecular weight is 365 g/mol. The Morgan fingerprint density at radius 2 is 1.67 bits per heavy atom. The molecule has 0 spiro atoms. The molecule has 1 aliphatic heterocycles. The van der Waals surface area contributed by atoms with Gasteiger partial charge in [-0.2, -0.15) is 0 Å². The van der Waals surface area contributed by atoms with E-state index in [4.69, 9.17) is 14.2 Å². The van der Waals surface area contributed by atoms with Crippen LogP contribution < -0.4 is 19.5 Å². The van der Waals surface area contributed by atoms with E-state index in [1.54, 1.807) is 18.2 Å². The van der Waals surface area contributed by atoms with Crippen LogP contribution in [0.2, 0.25) is 0 Å². The van der Waals surface area contributed by atoms with Crippen molar-refractivity contribution in [1.82, 2.24) is 5.32 Å². The van der Waals surface area contributed by atoms with Crippen LogP contribution in [0.5, 0.6) is 17.2 Å². The van der Waals surface area contributed by atoms with Gasteiger partial charge in [0.25, 0.3) is 0 Å². The summed E-state index contributed by atoms with van der Waals surface area (Å²) in [4.78, 5) is 0. The van der Waals surface area contributed by atoms with Gasteiger partial charge in [-0.15, -0.1) is 0 Å². The first kappa shape index (κ1) is 17.4. The lowest BCUT2D eigenvalue weighted by Gasteiger charge is -2.10. The summed E-state index contributed by atoms with van der Waals surface area (Å²) in [6, 6.07) is 20.4. The van der Waals surface area contributed by atoms with E-state index in [0.29, 0.717) is 12.1 Å². The van der Waals surface area contributed by atoms with Crippen molar-refractivity contribution >= 4 is 0 Å². The Labute approximate surface area is 157 Å². The number of hydrogen-bond donors (Lipinski definition) is 1. The number of hydrogen-bond acceptors (Lipinski definition) is 4. The molecule has 0 unspecified atom stereocenters. The Morgan fingerprint density at radius 1 is 0.852 bits per heavy atom. The molecule has 3 aromatic carbocycles. The normalized spacial score (nSPS) is 12.2. The monoisotopic (exact) mass is 365 g/mol. The van der Waals surface area contributed by atoms with Gasteiger partial charge in [-0.25, -0.2) is 4.39 Å². The fourth-order valence-corrected chi connectivity index (χ4v) is 2.92. The van der Waals surface area contributed by atoms with Crippen LogP contribution in [-0.2, 0) is 19.7 Å². The van der Waals surface area contributed by atoms with Crippen LogP contribution in [0.25, 0.3) is 0 Å². The smallest absolute Gasteiger partial charge is 0.231 e. The molecule has 0 aliphatic carbocycles. The Morgan fingerprint density at radius 3 is 2.56 bits per heavy atom. The van der Waals surface area contributed by atoms with Crippen LogP contribution in [0.15, 0.2) is 66.7 Å². The third kappa shape index (κ3) is 4.38. The van der Waals surface area contributed by atoms with Gasteiger partial charge in [0.15, 0.2) is 11.5 Å². The zero-order valence-corrected chi connectivity index (χ0v) is 14.8. The Hall–Kier alpha value is -3.05. The van der Waals surface area contributed by atoms with Gasteiger partial charge in [0, 0.05) is 18.7 Å². The summed E-state index contributed by atoms with van der Waals surface area (Å²) in [7, 11) is 0. The van der Waals surface area contributed by atoms with Gasteiger partial charge >= 0.3 is 0 Å². The van der Waals surface area contributed by atoms with Gasteiger partial charge in [0.2, 0.25) is 6.79 Å². The Balaban J connectivity index is 1.31. The van der Waals surface area contributed by atoms with E-state index in [1.807, 2.05) is 42.5 Å². The molecule has 0 saturated carbocycles. The highest BCUT2D eigenvalue weighted by Gasteiger charge is 2.12. The Bertz CT molecular complexity index is 929. The standard InChI is InChI=1S/C22H20FNO3/c23-20-7-2-1-5-18(20)14-25-19-6-3-4-16(10-19)12-24-13-17-8-9-21-22(11-17)27-15-26-21/h1-11,24H,12-15H2. The molecule has 4 nitrogen and oxygen atoms in total. The van der Waals surface area contributed by atoms with E-state index >= 15 is 0 Å². The lowest BCUT2D eigenvalue weighted by molar-refractivity contribution is 0.174. The maximum atomic E-state index is 13.7. The minimum absolute atomic E-state index is 0.209. The summed E-state index contributed by atoms with van der Waals surface area (Å²) in [5.41, 5.74) is 2.77. The maximum Gasteiger partial charge on any atom is 0.231 e. The highest BCUT2D eigenvalue weighted by atomic mass is 19.1. The van der Waals surface area contributed by atoms with Gasteiger partial charge in [-0.1, -0.05) is 36.4 Å². The summed E-state index contributed by atoms with van der Waals surface area (Å²) in [5, 5.41) is 3.41. The SMILES string of the molecule is Fc1ccccc1COc1cccc(CNCc2ccc3c(c2)OCO3)c1. The number of fused-ring (bicyclic) bond motifs is 1. The van der Waals surface area contributed by atoms with Crippen molar-refractivity contribution in [2.45, 2.75) is 19.7 Å². The molecule has 0 saturated heterocycles. The molecule has 0 bridgehead atoms. The van der Waals surface area contributed by atoms with Gasteiger partial charge in [-0.05, 0) is 41.5 Å². The summed E-state index contributed by atoms with van der Waals surface area (Å²) in [5.74, 6) is 2.05. The summed E-state index contributed by atoms with van der Waals surface area (Å²) < 4.78 is 30.1. The fraction of sp³-hybridized carbons (Fsp3) is 0.182. The second-order valence-corrected chi connectivity index (χ2v) is 6.32. The van der Waals surface area contributed by atoms with Crippen molar-refractivity contribution in [3.63, 3.8) is 0 Å². The second kappa shape index (κ2) is 8.10. The second-order valence-electron chi connectivity index (χ2n) is 6.32. The zero-order valence-electron chi connectivity index (χ0n) is 14.8. The third-order valence-electron chi connectivity index (χ3n) is 4.35. The lowest BCUT2D eigenvalue weighted by atomic mass is 10.2. The highest BCUT2D eigenvalue weighted by molar-refractivity contribution is 5.44. The summed E-state index contributed by atoms with van der Waals surface area (Å²) in [6.45, 7) is 1.91. The largest absolute Gasteiger partial charge is 0.489 e. The minimum atomic E-state index is -0.251. The van der Waals surface area contributed by atoms with Crippen LogP contribution in [0.4, 0.5) is 4.39 Å². The molecule has 0 radical (unpaired) electrons. The topological polar surface area (TPSA) is 39.7 Å². The minimum Gasteiger partial charge on any atom is -0.489 e. The van der Waals surface area contributed by atoms with Crippen LogP contribution >= 0.6 is 0 Å². The van der Waals surface area contributed by atoms with Crippen LogP contribution in [0, 0.1) is 5.82 Å². The van der Waals surface area contributed by atoms with Crippen molar-refractivity contribution in [2.24, 2.45) is 0 Å². The molecule has 138 valence electrons. The number of ether oxygens (including phenoxy) is 3. The fourth-order valence-electron chi connectivity index (χ4n) is 2.92. The predicted octanol–water partition coefficient (Wildman–Crippen LogP) is 4.42. The molecule has 0 atom stereocenters. The molecular formula is C22H20FNO3. The van der Waals surface area contributed by atoms with Crippen LogP contribution in [-0.4, -0.2) is 6.79 Å². The van der Waals surface area contributed by atoms with Crippen molar-refractivity contribution in [1.29, 1.82) is 0 Å². The van der Waals surface area contributed by atoms with Crippen molar-refractivity contribution in [2.75, 3.05) is 6.79 Å². The quantitative estimate of drug-likeness (QED) is 0.673. The molecular weight excluding hydrogens is 345 g/mol. The Kier molecular flexibility index (Phi) is 5.21. The molecule has 1 heterocycles. The van der Waals surface area contributed by atoms with Gasteiger partial charge in [0.05, 0.1) is 0 Å². The van der Waals surface area contributed by atoms with E-state index in [2.05, 4.69) is 5.32 Å². The van der Waals surface area contributed by atoms with E-state index in [9.17, 15) is 4.39 Å². The number of nitrogens with one attached hydrogen (secondary N) is 1. The van der Waals surface area contributed by atoms with Crippen LogP contribution in [0.1, 0.15) is 16.7 Å². The molecule has 27 heavy (non-hydrogen) atoms. The van der Waals surface area contributed by atoms with Crippen molar-refractivity contribution in [3.8, 4) is 17.2 Å². The molecule has 3 aromatic rings. The molecule has 1 N–H and O–H groups in total. The number of halogens is 1. The molecule has 4 rings (SSSR count). The van der Waals surface area contributed by atoms with Crippen molar-refractivity contribution < 1.29 is 18.6 Å². The van der Waals surface area contributed by atoms with Gasteiger partial charge < -0.3 is 19.5 Å². The number of benzene rings is 3. The first-order valence-electron chi connectivity index (χ1n) is 8.82. The first-order valence-corrected chi connectivity index (χ1v) is 8.82. The highest BCUT2D eigenvalue weighted by Crippen LogP contribution is 2.32. The van der Waals surface area contributed by atoms with E-state index < -0.39 is 0 Å². The van der Waals surface area contributed by atoms with E-state index in [-0.39, 0.29) is 19.2 Å². The zero-order chi connectivity index (χ0) is 18.5. The number of rotatable bonds is 7. The molecule has 0 aromatic heterocycles. The maximum absolute atomic E-state index is 13.7. The van der Waals surface area contributed by atoms with Crippen LogP contribution in [0.3, 0.4) is 0 Å². The average Bonchev–Trinajstić information content (AvgIpc) is 3.16. The van der Waals surface area contributed by atoms with E-state index in [1.165, 1.54) is 6.07 Å². The molecule has 5 heteroatoms. The molecule has 0 fully saturated rings. The summed E-state index contributed by atoms with van der Waals surface area (Å²) in [6.07, 6.45) is 0. The van der Waals surface area contributed by atoms with E-state index in [0.717, 1.165) is 34.9 Å². The molecule has 0 amide bonds. The summed E-state index contributed by atoms with van der Waals surface area (Å²) >= 11 is 0. The van der Waals surface area contributed by atoms with Gasteiger partial charge in [0.1, 0.15) is 18.2 Å². The lowest BCUT2D eigenvalue weighted by Crippen LogP contribution is -2.12. The van der Waals surface area contributed by atoms with Crippen molar-refractivity contribution in [3.05, 3.63) is 89.2 Å². The first-order chi connectivity index (χ1) is 13.3. The van der Waals surface area contributed by atoms with Gasteiger partial charge in [-0.3, -0.25) is 0 Å². The predicted molar refractivity (Wildman–Crippen MR) is 100 cm³/mol. The molecule has 1 aliphatic rings.